The van der Waals surface area contributed by atoms with E-state index in [1.54, 1.807) is 23.9 Å². The van der Waals surface area contributed by atoms with Crippen LogP contribution in [0.1, 0.15) is 27.3 Å². The molecule has 0 atom stereocenters. The van der Waals surface area contributed by atoms with Crippen LogP contribution in [0.2, 0.25) is 0 Å². The van der Waals surface area contributed by atoms with Crippen LogP contribution in [-0.2, 0) is 20.0 Å². The van der Waals surface area contributed by atoms with Gasteiger partial charge in [-0.25, -0.2) is 4.68 Å². The van der Waals surface area contributed by atoms with Crippen molar-refractivity contribution in [1.29, 1.82) is 0 Å². The van der Waals surface area contributed by atoms with Crippen LogP contribution in [0.25, 0.3) is 11.4 Å². The van der Waals surface area contributed by atoms with Gasteiger partial charge in [0.2, 0.25) is 0 Å². The molecule has 4 aromatic rings. The van der Waals surface area contributed by atoms with E-state index >= 15 is 0 Å². The van der Waals surface area contributed by atoms with E-state index in [1.807, 2.05) is 48.9 Å². The van der Waals surface area contributed by atoms with Crippen molar-refractivity contribution in [2.45, 2.75) is 26.8 Å². The zero-order valence-corrected chi connectivity index (χ0v) is 17.2. The molecule has 2 aromatic heterocycles. The van der Waals surface area contributed by atoms with E-state index in [1.165, 1.54) is 5.56 Å². The van der Waals surface area contributed by atoms with Crippen molar-refractivity contribution in [3.05, 3.63) is 77.1 Å². The van der Waals surface area contributed by atoms with E-state index in [0.717, 1.165) is 35.6 Å². The fraction of sp³-hybridized carbons (Fsp3) is 0.227. The number of amides is 1. The molecule has 2 heterocycles. The summed E-state index contributed by atoms with van der Waals surface area (Å²) in [6, 6.07) is 17.5. The third-order valence-electron chi connectivity index (χ3n) is 5.08. The number of benzene rings is 2. The lowest BCUT2D eigenvalue weighted by Gasteiger charge is -2.08. The normalized spacial score (nSPS) is 10.9. The van der Waals surface area contributed by atoms with Gasteiger partial charge in [-0.15, -0.1) is 5.10 Å². The number of aryl methyl sites for hydroxylation is 4. The summed E-state index contributed by atoms with van der Waals surface area (Å²) < 4.78 is 3.52. The van der Waals surface area contributed by atoms with Crippen LogP contribution in [0.15, 0.2) is 54.6 Å². The Labute approximate surface area is 174 Å². The maximum Gasteiger partial charge on any atom is 0.255 e. The number of rotatable bonds is 6. The summed E-state index contributed by atoms with van der Waals surface area (Å²) in [5.74, 6) is 0.409. The molecule has 0 fully saturated rings. The van der Waals surface area contributed by atoms with Crippen LogP contribution in [0.5, 0.6) is 0 Å². The minimum absolute atomic E-state index is 0.194. The SMILES string of the molecule is Cc1nn(CCc2ccccc2)c(C)c1NC(=O)c1cccc(-c2nnnn2C)c1. The second-order valence-corrected chi connectivity index (χ2v) is 7.17. The standard InChI is InChI=1S/C22H23N7O/c1-15-20(16(2)29(25-15)13-12-17-8-5-4-6-9-17)23-22(30)19-11-7-10-18(14-19)21-24-26-27-28(21)3/h4-11,14H,12-13H2,1-3H3,(H,23,30). The number of tetrazole rings is 1. The van der Waals surface area contributed by atoms with Gasteiger partial charge in [0.25, 0.3) is 5.91 Å². The molecular formula is C22H23N7O. The number of carbonyl (C=O) groups excluding carboxylic acids is 1. The largest absolute Gasteiger partial charge is 0.319 e. The number of hydrogen-bond donors (Lipinski definition) is 1. The molecular weight excluding hydrogens is 378 g/mol. The van der Waals surface area contributed by atoms with Crippen molar-refractivity contribution in [2.24, 2.45) is 7.05 Å². The number of anilines is 1. The van der Waals surface area contributed by atoms with Gasteiger partial charge in [0.1, 0.15) is 0 Å². The third kappa shape index (κ3) is 3.98. The lowest BCUT2D eigenvalue weighted by Crippen LogP contribution is -2.13. The summed E-state index contributed by atoms with van der Waals surface area (Å²) >= 11 is 0. The average Bonchev–Trinajstić information content (AvgIpc) is 3.31. The first-order valence-electron chi connectivity index (χ1n) is 9.75. The highest BCUT2D eigenvalue weighted by atomic mass is 16.1. The van der Waals surface area contributed by atoms with Gasteiger partial charge in [-0.1, -0.05) is 42.5 Å². The molecule has 152 valence electrons. The lowest BCUT2D eigenvalue weighted by molar-refractivity contribution is 0.102. The molecule has 30 heavy (non-hydrogen) atoms. The van der Waals surface area contributed by atoms with Gasteiger partial charge < -0.3 is 5.32 Å². The van der Waals surface area contributed by atoms with Crippen molar-refractivity contribution in [2.75, 3.05) is 5.32 Å². The molecule has 8 nitrogen and oxygen atoms in total. The lowest BCUT2D eigenvalue weighted by atomic mass is 10.1. The fourth-order valence-corrected chi connectivity index (χ4v) is 3.43. The van der Waals surface area contributed by atoms with Crippen molar-refractivity contribution in [1.82, 2.24) is 30.0 Å². The molecule has 1 amide bonds. The molecule has 0 aliphatic heterocycles. The van der Waals surface area contributed by atoms with Gasteiger partial charge >= 0.3 is 0 Å². The predicted octanol–water partition coefficient (Wildman–Crippen LogP) is 3.19. The molecule has 0 aliphatic rings. The molecule has 4 rings (SSSR count). The molecule has 1 N–H and O–H groups in total. The van der Waals surface area contributed by atoms with Crippen molar-refractivity contribution >= 4 is 11.6 Å². The minimum Gasteiger partial charge on any atom is -0.319 e. The van der Waals surface area contributed by atoms with Gasteiger partial charge in [-0.05, 0) is 48.4 Å². The highest BCUT2D eigenvalue weighted by Gasteiger charge is 2.16. The first-order valence-corrected chi connectivity index (χ1v) is 9.75. The average molecular weight is 401 g/mol. The maximum absolute atomic E-state index is 12.9. The van der Waals surface area contributed by atoms with Gasteiger partial charge in [0.05, 0.1) is 17.1 Å². The smallest absolute Gasteiger partial charge is 0.255 e. The van der Waals surface area contributed by atoms with Gasteiger partial charge in [-0.3, -0.25) is 9.48 Å². The van der Waals surface area contributed by atoms with Crippen LogP contribution in [0, 0.1) is 13.8 Å². The number of aromatic nitrogens is 6. The Morgan fingerprint density at radius 2 is 1.87 bits per heavy atom. The van der Waals surface area contributed by atoms with E-state index in [2.05, 4.69) is 38.1 Å². The maximum atomic E-state index is 12.9. The van der Waals surface area contributed by atoms with Crippen molar-refractivity contribution in [3.8, 4) is 11.4 Å². The first-order chi connectivity index (χ1) is 14.5. The fourth-order valence-electron chi connectivity index (χ4n) is 3.43. The molecule has 2 aromatic carbocycles. The molecule has 0 unspecified atom stereocenters. The first kappa shape index (κ1) is 19.5. The molecule has 0 radical (unpaired) electrons. The topological polar surface area (TPSA) is 90.5 Å². The van der Waals surface area contributed by atoms with Gasteiger partial charge in [0.15, 0.2) is 5.82 Å². The highest BCUT2D eigenvalue weighted by molar-refractivity contribution is 6.05. The summed E-state index contributed by atoms with van der Waals surface area (Å²) in [5.41, 5.74) is 5.05. The van der Waals surface area contributed by atoms with Crippen LogP contribution in [0.3, 0.4) is 0 Å². The van der Waals surface area contributed by atoms with Crippen LogP contribution in [0.4, 0.5) is 5.69 Å². The van der Waals surface area contributed by atoms with E-state index in [-0.39, 0.29) is 5.91 Å². The zero-order valence-electron chi connectivity index (χ0n) is 17.2. The predicted molar refractivity (Wildman–Crippen MR) is 114 cm³/mol. The number of nitrogens with one attached hydrogen (secondary N) is 1. The van der Waals surface area contributed by atoms with Crippen LogP contribution < -0.4 is 5.32 Å². The molecule has 0 spiro atoms. The van der Waals surface area contributed by atoms with Crippen molar-refractivity contribution < 1.29 is 4.79 Å². The molecule has 0 saturated carbocycles. The van der Waals surface area contributed by atoms with Crippen LogP contribution >= 0.6 is 0 Å². The Kier molecular flexibility index (Phi) is 5.38. The van der Waals surface area contributed by atoms with Gasteiger partial charge in [0, 0.05) is 24.7 Å². The summed E-state index contributed by atoms with van der Waals surface area (Å²) in [6.07, 6.45) is 0.879. The second kappa shape index (κ2) is 8.28. The Hall–Kier alpha value is -3.81. The summed E-state index contributed by atoms with van der Waals surface area (Å²) in [5, 5.41) is 19.1. The number of nitrogens with zero attached hydrogens (tertiary/aromatic N) is 6. The molecule has 0 saturated heterocycles. The highest BCUT2D eigenvalue weighted by Crippen LogP contribution is 2.22. The van der Waals surface area contributed by atoms with E-state index < -0.39 is 0 Å². The molecule has 0 aliphatic carbocycles. The Balaban J connectivity index is 1.51. The summed E-state index contributed by atoms with van der Waals surface area (Å²) in [7, 11) is 1.76. The Bertz CT molecular complexity index is 1180. The van der Waals surface area contributed by atoms with E-state index in [4.69, 9.17) is 0 Å². The Morgan fingerprint density at radius 1 is 1.07 bits per heavy atom. The monoisotopic (exact) mass is 401 g/mol. The summed E-state index contributed by atoms with van der Waals surface area (Å²) in [4.78, 5) is 12.9. The minimum atomic E-state index is -0.194. The quantitative estimate of drug-likeness (QED) is 0.536. The van der Waals surface area contributed by atoms with E-state index in [9.17, 15) is 4.79 Å². The van der Waals surface area contributed by atoms with Crippen LogP contribution in [-0.4, -0.2) is 35.9 Å². The number of hydrogen-bond acceptors (Lipinski definition) is 5. The molecule has 0 bridgehead atoms. The zero-order chi connectivity index (χ0) is 21.1. The second-order valence-electron chi connectivity index (χ2n) is 7.17. The Morgan fingerprint density at radius 3 is 2.60 bits per heavy atom. The third-order valence-corrected chi connectivity index (χ3v) is 5.08. The van der Waals surface area contributed by atoms with Gasteiger partial charge in [-0.2, -0.15) is 5.10 Å². The summed E-state index contributed by atoms with van der Waals surface area (Å²) in [6.45, 7) is 4.63. The molecule has 8 heteroatoms. The van der Waals surface area contributed by atoms with E-state index in [0.29, 0.717) is 11.4 Å². The number of carbonyl (C=O) groups is 1. The van der Waals surface area contributed by atoms with Crippen molar-refractivity contribution in [3.63, 3.8) is 0 Å².